The highest BCUT2D eigenvalue weighted by molar-refractivity contribution is 7.17. The van der Waals surface area contributed by atoms with Gasteiger partial charge in [0, 0.05) is 35.8 Å². The number of hydrogen-bond acceptors (Lipinski definition) is 5. The van der Waals surface area contributed by atoms with Crippen molar-refractivity contribution in [3.63, 3.8) is 0 Å². The second-order valence-corrected chi connectivity index (χ2v) is 11.7. The van der Waals surface area contributed by atoms with Crippen molar-refractivity contribution in [2.45, 2.75) is 71.0 Å². The van der Waals surface area contributed by atoms with Gasteiger partial charge in [0.25, 0.3) is 5.91 Å². The number of thiophene rings is 1. The molecule has 2 amide bonds. The molecule has 2 aromatic carbocycles. The van der Waals surface area contributed by atoms with Crippen LogP contribution < -0.4 is 10.2 Å². The Morgan fingerprint density at radius 3 is 2.51 bits per heavy atom. The molecule has 0 atom stereocenters. The molecule has 4 aromatic rings. The highest BCUT2D eigenvalue weighted by Gasteiger charge is 2.20. The van der Waals surface area contributed by atoms with Crippen LogP contribution in [0.4, 0.5) is 5.69 Å². The van der Waals surface area contributed by atoms with Crippen LogP contribution in [0.5, 0.6) is 0 Å². The molecule has 0 saturated heterocycles. The second kappa shape index (κ2) is 13.4. The zero-order chi connectivity index (χ0) is 28.6. The molecule has 0 spiro atoms. The third-order valence-electron chi connectivity index (χ3n) is 7.55. The molecule has 1 saturated carbocycles. The van der Waals surface area contributed by atoms with Gasteiger partial charge in [0.1, 0.15) is 0 Å². The lowest BCUT2D eigenvalue weighted by molar-refractivity contribution is -0.118. The third kappa shape index (κ3) is 7.11. The van der Waals surface area contributed by atoms with E-state index in [0.29, 0.717) is 25.1 Å². The lowest BCUT2D eigenvalue weighted by Gasteiger charge is -2.24. The van der Waals surface area contributed by atoms with Gasteiger partial charge in [-0.15, -0.1) is 11.3 Å². The monoisotopic (exact) mass is 565 g/mol. The highest BCUT2D eigenvalue weighted by atomic mass is 32.1. The topological polar surface area (TPSA) is 91.0 Å². The van der Waals surface area contributed by atoms with Crippen molar-refractivity contribution in [3.8, 4) is 16.5 Å². The van der Waals surface area contributed by atoms with Gasteiger partial charge in [-0.2, -0.15) is 5.26 Å². The van der Waals surface area contributed by atoms with Crippen LogP contribution in [0.15, 0.2) is 73.2 Å². The van der Waals surface area contributed by atoms with Crippen LogP contribution in [0.1, 0.15) is 78.4 Å². The normalized spacial score (nSPS) is 13.5. The summed E-state index contributed by atoms with van der Waals surface area (Å²) in [6, 6.07) is 21.8. The molecule has 0 radical (unpaired) electrons. The fraction of sp³-hybridized carbons (Fsp3) is 0.333. The first kappa shape index (κ1) is 28.3. The van der Waals surface area contributed by atoms with E-state index < -0.39 is 0 Å². The molecule has 5 rings (SSSR count). The average Bonchev–Trinajstić information content (AvgIpc) is 3.67. The Labute approximate surface area is 245 Å². The molecule has 41 heavy (non-hydrogen) atoms. The van der Waals surface area contributed by atoms with E-state index in [1.54, 1.807) is 12.5 Å². The summed E-state index contributed by atoms with van der Waals surface area (Å²) in [6.07, 6.45) is 10.6. The van der Waals surface area contributed by atoms with Crippen LogP contribution >= 0.6 is 11.3 Å². The predicted molar refractivity (Wildman–Crippen MR) is 163 cm³/mol. The van der Waals surface area contributed by atoms with Crippen LogP contribution in [0, 0.1) is 11.3 Å². The van der Waals surface area contributed by atoms with Crippen LogP contribution in [-0.4, -0.2) is 27.4 Å². The number of nitrogens with zero attached hydrogens (tertiary/aromatic N) is 4. The maximum Gasteiger partial charge on any atom is 0.261 e. The van der Waals surface area contributed by atoms with E-state index in [0.717, 1.165) is 51.5 Å². The molecule has 1 fully saturated rings. The Morgan fingerprint density at radius 1 is 1.05 bits per heavy atom. The summed E-state index contributed by atoms with van der Waals surface area (Å²) in [5, 5.41) is 12.3. The van der Waals surface area contributed by atoms with Crippen molar-refractivity contribution in [1.29, 1.82) is 5.26 Å². The summed E-state index contributed by atoms with van der Waals surface area (Å²) in [5.41, 5.74) is 4.45. The molecular weight excluding hydrogens is 530 g/mol. The lowest BCUT2D eigenvalue weighted by atomic mass is 9.95. The highest BCUT2D eigenvalue weighted by Crippen LogP contribution is 2.31. The SMILES string of the molecule is CCCC(=O)N(Cc1cncn1Cc1ccc(C#N)cc1)c1ccc(-c2ccc(C(=O)NC3CCCCC3)s2)cc1. The summed E-state index contributed by atoms with van der Waals surface area (Å²) in [7, 11) is 0. The third-order valence-corrected chi connectivity index (χ3v) is 8.69. The maximum absolute atomic E-state index is 13.2. The molecule has 0 unspecified atom stereocenters. The van der Waals surface area contributed by atoms with Gasteiger partial charge in [-0.05, 0) is 66.8 Å². The number of nitrogens with one attached hydrogen (secondary N) is 1. The predicted octanol–water partition coefficient (Wildman–Crippen LogP) is 6.93. The van der Waals surface area contributed by atoms with E-state index in [1.807, 2.05) is 77.1 Å². The molecule has 0 bridgehead atoms. The zero-order valence-corrected chi connectivity index (χ0v) is 24.2. The van der Waals surface area contributed by atoms with Gasteiger partial charge in [0.15, 0.2) is 0 Å². The van der Waals surface area contributed by atoms with E-state index in [2.05, 4.69) is 16.4 Å². The molecule has 2 aromatic heterocycles. The molecule has 2 heterocycles. The van der Waals surface area contributed by atoms with Gasteiger partial charge in [0.05, 0.1) is 35.1 Å². The van der Waals surface area contributed by atoms with Crippen LogP contribution in [0.2, 0.25) is 0 Å². The van der Waals surface area contributed by atoms with Crippen molar-refractivity contribution >= 4 is 28.8 Å². The Morgan fingerprint density at radius 2 is 1.80 bits per heavy atom. The van der Waals surface area contributed by atoms with Crippen LogP contribution in [0.3, 0.4) is 0 Å². The van der Waals surface area contributed by atoms with Gasteiger partial charge < -0.3 is 14.8 Å². The minimum Gasteiger partial charge on any atom is -0.349 e. The van der Waals surface area contributed by atoms with Crippen molar-refractivity contribution in [3.05, 3.63) is 94.9 Å². The van der Waals surface area contributed by atoms with Crippen molar-refractivity contribution < 1.29 is 9.59 Å². The number of hydrogen-bond donors (Lipinski definition) is 1. The Balaban J connectivity index is 1.30. The van der Waals surface area contributed by atoms with E-state index >= 15 is 0 Å². The lowest BCUT2D eigenvalue weighted by Crippen LogP contribution is -2.35. The number of imidazole rings is 1. The minimum absolute atomic E-state index is 0.0127. The zero-order valence-electron chi connectivity index (χ0n) is 23.4. The quantitative estimate of drug-likeness (QED) is 0.226. The van der Waals surface area contributed by atoms with Crippen LogP contribution in [-0.2, 0) is 17.9 Å². The molecule has 0 aliphatic heterocycles. The molecule has 1 N–H and O–H groups in total. The summed E-state index contributed by atoms with van der Waals surface area (Å²) in [4.78, 5) is 33.9. The maximum atomic E-state index is 13.2. The second-order valence-electron chi connectivity index (χ2n) is 10.6. The molecular formula is C33H35N5O2S. The van der Waals surface area contributed by atoms with E-state index in [4.69, 9.17) is 5.26 Å². The Hall–Kier alpha value is -4.22. The first-order valence-corrected chi connectivity index (χ1v) is 15.1. The summed E-state index contributed by atoms with van der Waals surface area (Å²) >= 11 is 1.50. The number of benzene rings is 2. The Kier molecular flexibility index (Phi) is 9.27. The van der Waals surface area contributed by atoms with Gasteiger partial charge >= 0.3 is 0 Å². The Bertz CT molecular complexity index is 1510. The van der Waals surface area contributed by atoms with Crippen molar-refractivity contribution in [1.82, 2.24) is 14.9 Å². The molecule has 1 aliphatic rings. The number of rotatable bonds is 10. The number of carbonyl (C=O) groups excluding carboxylic acids is 2. The summed E-state index contributed by atoms with van der Waals surface area (Å²) in [5.74, 6) is 0.0721. The number of aromatic nitrogens is 2. The van der Waals surface area contributed by atoms with E-state index in [9.17, 15) is 9.59 Å². The fourth-order valence-electron chi connectivity index (χ4n) is 5.26. The summed E-state index contributed by atoms with van der Waals surface area (Å²) in [6.45, 7) is 3.01. The molecule has 1 aliphatic carbocycles. The van der Waals surface area contributed by atoms with Crippen LogP contribution in [0.25, 0.3) is 10.4 Å². The summed E-state index contributed by atoms with van der Waals surface area (Å²) < 4.78 is 2.04. The van der Waals surface area contributed by atoms with E-state index in [1.165, 1.54) is 30.6 Å². The van der Waals surface area contributed by atoms with Crippen molar-refractivity contribution in [2.24, 2.45) is 0 Å². The van der Waals surface area contributed by atoms with E-state index in [-0.39, 0.29) is 17.9 Å². The van der Waals surface area contributed by atoms with Gasteiger partial charge in [0.2, 0.25) is 5.91 Å². The fourth-order valence-corrected chi connectivity index (χ4v) is 6.18. The van der Waals surface area contributed by atoms with Gasteiger partial charge in [-0.25, -0.2) is 4.98 Å². The first-order chi connectivity index (χ1) is 20.0. The van der Waals surface area contributed by atoms with Crippen molar-refractivity contribution in [2.75, 3.05) is 4.90 Å². The molecule has 7 nitrogen and oxygen atoms in total. The standard InChI is InChI=1S/C33H35N5O2S/c1-2-6-32(39)38(22-29-20-35-23-37(29)21-25-11-9-24(19-34)10-12-25)28-15-13-26(14-16-28)30-17-18-31(41-30)33(40)36-27-7-4-3-5-8-27/h9-18,20,23,27H,2-8,21-22H2,1H3,(H,36,40). The largest absolute Gasteiger partial charge is 0.349 e. The first-order valence-electron chi connectivity index (χ1n) is 14.3. The molecule has 210 valence electrons. The number of nitriles is 1. The van der Waals surface area contributed by atoms with Gasteiger partial charge in [-0.3, -0.25) is 9.59 Å². The smallest absolute Gasteiger partial charge is 0.261 e. The molecule has 8 heteroatoms. The number of anilines is 1. The van der Waals surface area contributed by atoms with Gasteiger partial charge in [-0.1, -0.05) is 50.5 Å². The number of amides is 2. The minimum atomic E-state index is 0.0127. The number of carbonyl (C=O) groups is 2. The average molecular weight is 566 g/mol.